The fraction of sp³-hybridized carbons (Fsp3) is 0.417. The van der Waals surface area contributed by atoms with Crippen molar-refractivity contribution >= 4 is 23.7 Å². The largest absolute Gasteiger partial charge is 0.618 e. The van der Waals surface area contributed by atoms with Crippen LogP contribution in [0.15, 0.2) is 29.4 Å². The molecule has 2 rings (SSSR count). The van der Waals surface area contributed by atoms with Gasteiger partial charge < -0.3 is 10.5 Å². The number of imide groups is 1. The van der Waals surface area contributed by atoms with Crippen LogP contribution in [0.3, 0.4) is 0 Å². The molecular weight excluding hydrogens is 266 g/mol. The molecule has 1 aliphatic heterocycles. The highest BCUT2D eigenvalue weighted by molar-refractivity contribution is 7.99. The Hall–Kier alpha value is -1.76. The molecule has 0 aliphatic carbocycles. The number of urea groups is 1. The molecule has 2 heterocycles. The molecular formula is C12H15N3O3S. The average Bonchev–Trinajstić information content (AvgIpc) is 2.53. The molecule has 3 amide bonds. The normalized spacial score (nSPS) is 17.7. The fourth-order valence-corrected chi connectivity index (χ4v) is 2.63. The van der Waals surface area contributed by atoms with Crippen LogP contribution >= 0.6 is 11.8 Å². The van der Waals surface area contributed by atoms with Crippen LogP contribution in [0.4, 0.5) is 4.79 Å². The number of rotatable bonds is 4. The second kappa shape index (κ2) is 5.08. The van der Waals surface area contributed by atoms with E-state index in [4.69, 9.17) is 0 Å². The maximum absolute atomic E-state index is 11.9. The fourth-order valence-electron chi connectivity index (χ4n) is 1.79. The Morgan fingerprint density at radius 3 is 2.74 bits per heavy atom. The highest BCUT2D eigenvalue weighted by Crippen LogP contribution is 2.18. The van der Waals surface area contributed by atoms with E-state index in [1.54, 1.807) is 32.0 Å². The van der Waals surface area contributed by atoms with Crippen molar-refractivity contribution in [2.45, 2.75) is 24.4 Å². The lowest BCUT2D eigenvalue weighted by atomic mass is 10.1. The lowest BCUT2D eigenvalue weighted by Crippen LogP contribution is -2.40. The maximum atomic E-state index is 11.9. The Bertz CT molecular complexity index is 519. The number of carbonyl (C=O) groups excluding carboxylic acids is 2. The van der Waals surface area contributed by atoms with Crippen molar-refractivity contribution in [3.05, 3.63) is 29.6 Å². The minimum atomic E-state index is -0.840. The minimum Gasteiger partial charge on any atom is -0.618 e. The van der Waals surface area contributed by atoms with Gasteiger partial charge in [-0.2, -0.15) is 4.73 Å². The van der Waals surface area contributed by atoms with Gasteiger partial charge in [-0.25, -0.2) is 4.79 Å². The number of nitrogens with one attached hydrogen (secondary N) is 1. The molecule has 19 heavy (non-hydrogen) atoms. The molecule has 1 fully saturated rings. The highest BCUT2D eigenvalue weighted by atomic mass is 32.2. The van der Waals surface area contributed by atoms with Crippen LogP contribution in [0, 0.1) is 5.21 Å². The van der Waals surface area contributed by atoms with Gasteiger partial charge in [0.15, 0.2) is 6.20 Å². The van der Waals surface area contributed by atoms with Gasteiger partial charge in [0.2, 0.25) is 0 Å². The summed E-state index contributed by atoms with van der Waals surface area (Å²) in [5.74, 6) is 0.253. The van der Waals surface area contributed by atoms with Crippen LogP contribution in [0.2, 0.25) is 0 Å². The predicted molar refractivity (Wildman–Crippen MR) is 70.4 cm³/mol. The van der Waals surface area contributed by atoms with Gasteiger partial charge in [0.05, 0.1) is 0 Å². The smallest absolute Gasteiger partial charge is 0.325 e. The lowest BCUT2D eigenvalue weighted by molar-refractivity contribution is -0.645. The molecule has 0 atom stereocenters. The molecule has 7 heteroatoms. The van der Waals surface area contributed by atoms with Crippen LogP contribution in [0.25, 0.3) is 0 Å². The third kappa shape index (κ3) is 2.81. The number of pyridine rings is 1. The molecule has 0 aromatic carbocycles. The molecule has 0 bridgehead atoms. The zero-order valence-corrected chi connectivity index (χ0v) is 11.6. The van der Waals surface area contributed by atoms with Gasteiger partial charge in [-0.3, -0.25) is 9.69 Å². The minimum absolute atomic E-state index is 0.235. The third-order valence-electron chi connectivity index (χ3n) is 2.80. The Labute approximate surface area is 115 Å². The topological polar surface area (TPSA) is 76.3 Å². The summed E-state index contributed by atoms with van der Waals surface area (Å²) < 4.78 is 0.764. The van der Waals surface area contributed by atoms with Crippen LogP contribution in [0.5, 0.6) is 0 Å². The van der Waals surface area contributed by atoms with Crippen molar-refractivity contribution in [2.24, 2.45) is 0 Å². The van der Waals surface area contributed by atoms with Crippen LogP contribution in [0.1, 0.15) is 13.8 Å². The first-order valence-corrected chi connectivity index (χ1v) is 6.85. The Morgan fingerprint density at radius 1 is 1.42 bits per heavy atom. The summed E-state index contributed by atoms with van der Waals surface area (Å²) in [4.78, 5) is 24.7. The molecule has 6 nitrogen and oxygen atoms in total. The number of nitrogens with zero attached hydrogens (tertiary/aromatic N) is 2. The van der Waals surface area contributed by atoms with E-state index in [1.807, 2.05) is 0 Å². The molecule has 0 spiro atoms. The van der Waals surface area contributed by atoms with Gasteiger partial charge in [0.1, 0.15) is 5.54 Å². The number of hydrogen-bond acceptors (Lipinski definition) is 4. The molecule has 1 aromatic heterocycles. The van der Waals surface area contributed by atoms with Crippen molar-refractivity contribution in [2.75, 3.05) is 12.3 Å². The monoisotopic (exact) mass is 281 g/mol. The van der Waals surface area contributed by atoms with Crippen LogP contribution in [-0.2, 0) is 4.79 Å². The molecule has 0 unspecified atom stereocenters. The molecule has 1 N–H and O–H groups in total. The van der Waals surface area contributed by atoms with Crippen molar-refractivity contribution in [1.82, 2.24) is 10.2 Å². The van der Waals surface area contributed by atoms with E-state index in [0.717, 1.165) is 4.73 Å². The van der Waals surface area contributed by atoms with E-state index in [0.29, 0.717) is 10.8 Å². The van der Waals surface area contributed by atoms with E-state index < -0.39 is 5.54 Å². The van der Waals surface area contributed by atoms with Crippen molar-refractivity contribution in [1.29, 1.82) is 0 Å². The van der Waals surface area contributed by atoms with Gasteiger partial charge in [-0.05, 0) is 19.9 Å². The summed E-state index contributed by atoms with van der Waals surface area (Å²) in [5, 5.41) is 14.6. The van der Waals surface area contributed by atoms with E-state index in [1.165, 1.54) is 22.9 Å². The van der Waals surface area contributed by atoms with Crippen molar-refractivity contribution in [3.63, 3.8) is 0 Å². The third-order valence-corrected chi connectivity index (χ3v) is 3.80. The van der Waals surface area contributed by atoms with Gasteiger partial charge in [0.25, 0.3) is 10.9 Å². The molecule has 0 radical (unpaired) electrons. The lowest BCUT2D eigenvalue weighted by Gasteiger charge is -2.15. The Morgan fingerprint density at radius 2 is 2.16 bits per heavy atom. The maximum Gasteiger partial charge on any atom is 0.325 e. The number of carbonyl (C=O) groups is 2. The summed E-state index contributed by atoms with van der Waals surface area (Å²) in [5.41, 5.74) is -0.840. The number of amides is 3. The zero-order chi connectivity index (χ0) is 14.0. The van der Waals surface area contributed by atoms with Crippen LogP contribution < -0.4 is 10.0 Å². The molecule has 1 saturated heterocycles. The average molecular weight is 281 g/mol. The highest BCUT2D eigenvalue weighted by Gasteiger charge is 2.43. The second-order valence-corrected chi connectivity index (χ2v) is 5.84. The first kappa shape index (κ1) is 13.7. The Balaban J connectivity index is 1.92. The molecule has 1 aliphatic rings. The first-order valence-electron chi connectivity index (χ1n) is 5.87. The van der Waals surface area contributed by atoms with Crippen molar-refractivity contribution in [3.8, 4) is 0 Å². The summed E-state index contributed by atoms with van der Waals surface area (Å²) in [7, 11) is 0. The van der Waals surface area contributed by atoms with E-state index in [2.05, 4.69) is 5.32 Å². The summed E-state index contributed by atoms with van der Waals surface area (Å²) in [6.07, 6.45) is 1.42. The molecule has 102 valence electrons. The number of aromatic nitrogens is 1. The summed E-state index contributed by atoms with van der Waals surface area (Å²) in [6, 6.07) is 4.75. The van der Waals surface area contributed by atoms with E-state index in [9.17, 15) is 14.8 Å². The molecule has 0 saturated carbocycles. The van der Waals surface area contributed by atoms with Crippen LogP contribution in [-0.4, -0.2) is 34.7 Å². The number of hydrogen-bond donors (Lipinski definition) is 1. The second-order valence-electron chi connectivity index (χ2n) is 4.73. The summed E-state index contributed by atoms with van der Waals surface area (Å²) >= 11 is 1.31. The van der Waals surface area contributed by atoms with Gasteiger partial charge >= 0.3 is 6.03 Å². The van der Waals surface area contributed by atoms with Gasteiger partial charge in [-0.15, -0.1) is 0 Å². The van der Waals surface area contributed by atoms with Gasteiger partial charge in [0, 0.05) is 24.4 Å². The summed E-state index contributed by atoms with van der Waals surface area (Å²) in [6.45, 7) is 3.63. The zero-order valence-electron chi connectivity index (χ0n) is 10.8. The quantitative estimate of drug-likeness (QED) is 0.382. The van der Waals surface area contributed by atoms with Crippen molar-refractivity contribution < 1.29 is 14.3 Å². The Kier molecular flexibility index (Phi) is 3.66. The first-order chi connectivity index (χ1) is 8.92. The van der Waals surface area contributed by atoms with Gasteiger partial charge in [-0.1, -0.05) is 11.8 Å². The molecule has 1 aromatic rings. The number of thioether (sulfide) groups is 1. The van der Waals surface area contributed by atoms with E-state index >= 15 is 0 Å². The van der Waals surface area contributed by atoms with E-state index in [-0.39, 0.29) is 18.5 Å². The SMILES string of the molecule is CC1(C)NC(=O)N(CCSc2cccc[n+]2[O-])C1=O. The predicted octanol–water partition coefficient (Wildman–Crippen LogP) is 0.742. The standard InChI is InChI=1S/C12H15N3O3S/c1-12(2)10(16)14(11(17)13-12)7-8-19-9-5-3-4-6-15(9)18/h3-6H,7-8H2,1-2H3,(H,13,17).